The van der Waals surface area contributed by atoms with E-state index in [1.807, 2.05) is 36.4 Å². The van der Waals surface area contributed by atoms with E-state index in [0.717, 1.165) is 52.1 Å². The SMILES string of the molecule is C[C@@H]1CCc2sc(C(=O)N/N=C\c3sc(N4CCOCC4)nc3-c3ccccc3)cc2C1. The number of carbonyl (C=O) groups is 1. The van der Waals surface area contributed by atoms with E-state index in [9.17, 15) is 4.79 Å². The Labute approximate surface area is 195 Å². The van der Waals surface area contributed by atoms with Crippen LogP contribution in [0.1, 0.15) is 38.3 Å². The highest BCUT2D eigenvalue weighted by Crippen LogP contribution is 2.33. The molecule has 2 aromatic heterocycles. The van der Waals surface area contributed by atoms with Gasteiger partial charge in [-0.2, -0.15) is 5.10 Å². The predicted molar refractivity (Wildman–Crippen MR) is 131 cm³/mol. The van der Waals surface area contributed by atoms with Gasteiger partial charge in [-0.1, -0.05) is 48.6 Å². The Hall–Kier alpha value is -2.55. The summed E-state index contributed by atoms with van der Waals surface area (Å²) in [6.07, 6.45) is 5.06. The number of nitrogens with one attached hydrogen (secondary N) is 1. The predicted octanol–water partition coefficient (Wildman–Crippen LogP) is 4.60. The summed E-state index contributed by atoms with van der Waals surface area (Å²) in [6, 6.07) is 12.1. The molecular weight excluding hydrogens is 440 g/mol. The van der Waals surface area contributed by atoms with Crippen molar-refractivity contribution in [3.8, 4) is 11.3 Å². The van der Waals surface area contributed by atoms with Crippen LogP contribution in [0.5, 0.6) is 0 Å². The molecule has 0 unspecified atom stereocenters. The van der Waals surface area contributed by atoms with E-state index < -0.39 is 0 Å². The number of thiophene rings is 1. The molecule has 1 aliphatic carbocycles. The number of morpholine rings is 1. The molecule has 1 saturated heterocycles. The highest BCUT2D eigenvalue weighted by Gasteiger charge is 2.21. The molecule has 1 atom stereocenters. The highest BCUT2D eigenvalue weighted by molar-refractivity contribution is 7.17. The summed E-state index contributed by atoms with van der Waals surface area (Å²) in [4.78, 5) is 22.8. The Bertz CT molecular complexity index is 1120. The fourth-order valence-electron chi connectivity index (χ4n) is 4.12. The quantitative estimate of drug-likeness (QED) is 0.441. The maximum atomic E-state index is 12.7. The second-order valence-electron chi connectivity index (χ2n) is 8.28. The van der Waals surface area contributed by atoms with Gasteiger partial charge in [0.05, 0.1) is 34.9 Å². The van der Waals surface area contributed by atoms with Gasteiger partial charge in [-0.15, -0.1) is 11.3 Å². The average molecular weight is 467 g/mol. The molecule has 0 spiro atoms. The smallest absolute Gasteiger partial charge is 0.281 e. The Morgan fingerprint density at radius 3 is 2.88 bits per heavy atom. The number of rotatable bonds is 5. The number of carbonyl (C=O) groups excluding carboxylic acids is 1. The number of amides is 1. The molecule has 0 bridgehead atoms. The molecule has 2 aliphatic rings. The molecule has 1 N–H and O–H groups in total. The zero-order valence-electron chi connectivity index (χ0n) is 18.0. The number of aromatic nitrogens is 1. The third kappa shape index (κ3) is 4.62. The van der Waals surface area contributed by atoms with Crippen LogP contribution >= 0.6 is 22.7 Å². The lowest BCUT2D eigenvalue weighted by atomic mass is 9.90. The molecule has 1 amide bonds. The van der Waals surface area contributed by atoms with Gasteiger partial charge in [0.15, 0.2) is 5.13 Å². The molecule has 5 rings (SSSR count). The number of nitrogens with zero attached hydrogens (tertiary/aromatic N) is 3. The summed E-state index contributed by atoms with van der Waals surface area (Å²) in [5.41, 5.74) is 5.97. The number of thiazole rings is 1. The molecule has 1 fully saturated rings. The van der Waals surface area contributed by atoms with Crippen LogP contribution in [-0.2, 0) is 17.6 Å². The van der Waals surface area contributed by atoms with Crippen LogP contribution in [-0.4, -0.2) is 43.4 Å². The number of fused-ring (bicyclic) bond motifs is 1. The third-order valence-corrected chi connectivity index (χ3v) is 8.16. The van der Waals surface area contributed by atoms with E-state index in [1.54, 1.807) is 28.9 Å². The molecular formula is C24H26N4O2S2. The zero-order valence-corrected chi connectivity index (χ0v) is 19.7. The van der Waals surface area contributed by atoms with Crippen molar-refractivity contribution in [2.24, 2.45) is 11.0 Å². The van der Waals surface area contributed by atoms with Crippen LogP contribution in [0.25, 0.3) is 11.3 Å². The number of hydrogen-bond donors (Lipinski definition) is 1. The largest absolute Gasteiger partial charge is 0.378 e. The second-order valence-corrected chi connectivity index (χ2v) is 10.4. The highest BCUT2D eigenvalue weighted by atomic mass is 32.1. The molecule has 166 valence electrons. The first-order valence-electron chi connectivity index (χ1n) is 11.0. The molecule has 0 radical (unpaired) electrons. The van der Waals surface area contributed by atoms with Gasteiger partial charge in [0.1, 0.15) is 0 Å². The molecule has 6 nitrogen and oxygen atoms in total. The molecule has 3 aromatic rings. The van der Waals surface area contributed by atoms with Crippen molar-refractivity contribution < 1.29 is 9.53 Å². The minimum atomic E-state index is -0.146. The van der Waals surface area contributed by atoms with Crippen molar-refractivity contribution >= 4 is 39.9 Å². The second kappa shape index (κ2) is 9.52. The number of aryl methyl sites for hydroxylation is 1. The summed E-state index contributed by atoms with van der Waals surface area (Å²) in [5.74, 6) is 0.543. The summed E-state index contributed by atoms with van der Waals surface area (Å²) < 4.78 is 5.47. The van der Waals surface area contributed by atoms with E-state index >= 15 is 0 Å². The van der Waals surface area contributed by atoms with Gasteiger partial charge in [0, 0.05) is 23.5 Å². The normalized spacial score (nSPS) is 18.7. The van der Waals surface area contributed by atoms with Crippen molar-refractivity contribution in [3.05, 3.63) is 56.6 Å². The van der Waals surface area contributed by atoms with Crippen LogP contribution in [0.4, 0.5) is 5.13 Å². The van der Waals surface area contributed by atoms with Gasteiger partial charge in [-0.05, 0) is 36.8 Å². The minimum absolute atomic E-state index is 0.146. The van der Waals surface area contributed by atoms with Crippen molar-refractivity contribution in [2.45, 2.75) is 26.2 Å². The van der Waals surface area contributed by atoms with Gasteiger partial charge < -0.3 is 9.64 Å². The lowest BCUT2D eigenvalue weighted by Crippen LogP contribution is -2.36. The Morgan fingerprint density at radius 2 is 2.06 bits per heavy atom. The van der Waals surface area contributed by atoms with E-state index in [2.05, 4.69) is 22.4 Å². The number of anilines is 1. The summed E-state index contributed by atoms with van der Waals surface area (Å²) >= 11 is 3.19. The monoisotopic (exact) mass is 466 g/mol. The van der Waals surface area contributed by atoms with Gasteiger partial charge in [0.25, 0.3) is 5.91 Å². The maximum Gasteiger partial charge on any atom is 0.281 e. The average Bonchev–Trinajstić information content (AvgIpc) is 3.44. The summed E-state index contributed by atoms with van der Waals surface area (Å²) in [5, 5.41) is 5.25. The first kappa shape index (κ1) is 21.3. The van der Waals surface area contributed by atoms with Gasteiger partial charge in [0.2, 0.25) is 0 Å². The Kier molecular flexibility index (Phi) is 6.34. The number of hydrazone groups is 1. The molecule has 32 heavy (non-hydrogen) atoms. The Balaban J connectivity index is 1.34. The van der Waals surface area contributed by atoms with Gasteiger partial charge in [-0.3, -0.25) is 4.79 Å². The Morgan fingerprint density at radius 1 is 1.25 bits per heavy atom. The van der Waals surface area contributed by atoms with Crippen molar-refractivity contribution in [2.75, 3.05) is 31.2 Å². The number of hydrogen-bond acceptors (Lipinski definition) is 7. The van der Waals surface area contributed by atoms with Crippen molar-refractivity contribution in [1.82, 2.24) is 10.4 Å². The lowest BCUT2D eigenvalue weighted by molar-refractivity contribution is 0.0959. The lowest BCUT2D eigenvalue weighted by Gasteiger charge is -2.26. The zero-order chi connectivity index (χ0) is 21.9. The van der Waals surface area contributed by atoms with Gasteiger partial charge in [-0.25, -0.2) is 10.4 Å². The van der Waals surface area contributed by atoms with E-state index in [1.165, 1.54) is 16.9 Å². The van der Waals surface area contributed by atoms with Crippen LogP contribution in [0.15, 0.2) is 41.5 Å². The first-order valence-corrected chi connectivity index (χ1v) is 12.6. The minimum Gasteiger partial charge on any atom is -0.378 e. The maximum absolute atomic E-state index is 12.7. The molecule has 8 heteroatoms. The van der Waals surface area contributed by atoms with Gasteiger partial charge >= 0.3 is 0 Å². The topological polar surface area (TPSA) is 66.8 Å². The molecule has 0 saturated carbocycles. The molecule has 3 heterocycles. The summed E-state index contributed by atoms with van der Waals surface area (Å²) in [7, 11) is 0. The van der Waals surface area contributed by atoms with E-state index in [4.69, 9.17) is 9.72 Å². The van der Waals surface area contributed by atoms with E-state index in [-0.39, 0.29) is 5.91 Å². The fourth-order valence-corrected chi connectivity index (χ4v) is 6.23. The summed E-state index contributed by atoms with van der Waals surface area (Å²) in [6.45, 7) is 5.36. The van der Waals surface area contributed by atoms with Crippen LogP contribution < -0.4 is 10.3 Å². The van der Waals surface area contributed by atoms with E-state index in [0.29, 0.717) is 19.1 Å². The fraction of sp³-hybridized carbons (Fsp3) is 0.375. The van der Waals surface area contributed by atoms with Crippen molar-refractivity contribution in [3.63, 3.8) is 0 Å². The number of ether oxygens (including phenoxy) is 1. The third-order valence-electron chi connectivity index (χ3n) is 5.87. The van der Waals surface area contributed by atoms with Crippen LogP contribution in [0.3, 0.4) is 0 Å². The van der Waals surface area contributed by atoms with Crippen LogP contribution in [0, 0.1) is 5.92 Å². The number of benzene rings is 1. The molecule has 1 aromatic carbocycles. The van der Waals surface area contributed by atoms with Crippen molar-refractivity contribution in [1.29, 1.82) is 0 Å². The standard InChI is InChI=1S/C24H26N4O2S2/c1-16-7-8-19-18(13-16)14-20(31-19)23(29)27-25-15-21-22(17-5-3-2-4-6-17)26-24(32-21)28-9-11-30-12-10-28/h2-6,14-16H,7-13H2,1H3,(H,27,29)/b25-15-/t16-/m1/s1. The van der Waals surface area contributed by atoms with Crippen LogP contribution in [0.2, 0.25) is 0 Å². The molecule has 1 aliphatic heterocycles. The first-order chi connectivity index (χ1) is 15.7.